The molecule has 0 aliphatic rings. The number of hydrogen-bond donors (Lipinski definition) is 1. The zero-order chi connectivity index (χ0) is 19.3. The van der Waals surface area contributed by atoms with Gasteiger partial charge in [-0.1, -0.05) is 42.5 Å². The molecule has 5 rings (SSSR count). The number of furan rings is 1. The van der Waals surface area contributed by atoms with Crippen molar-refractivity contribution < 1.29 is 9.52 Å². The van der Waals surface area contributed by atoms with E-state index in [9.17, 15) is 5.11 Å². The SMILES string of the molecule is CC(C)(O)c1cccc(-c2cc(-c3occ4ccccc34)c3nccn3c2)c1. The summed E-state index contributed by atoms with van der Waals surface area (Å²) in [6, 6.07) is 18.2. The summed E-state index contributed by atoms with van der Waals surface area (Å²) in [5.74, 6) is 0.812. The Morgan fingerprint density at radius 2 is 1.86 bits per heavy atom. The van der Waals surface area contributed by atoms with Crippen molar-refractivity contribution in [3.63, 3.8) is 0 Å². The van der Waals surface area contributed by atoms with Gasteiger partial charge in [0.15, 0.2) is 0 Å². The summed E-state index contributed by atoms with van der Waals surface area (Å²) in [5.41, 5.74) is 3.84. The van der Waals surface area contributed by atoms with E-state index in [0.717, 1.165) is 44.4 Å². The molecule has 0 aliphatic carbocycles. The second kappa shape index (κ2) is 6.08. The Bertz CT molecular complexity index is 1310. The average Bonchev–Trinajstić information content (AvgIpc) is 3.33. The highest BCUT2D eigenvalue weighted by Gasteiger charge is 2.18. The van der Waals surface area contributed by atoms with Crippen molar-refractivity contribution in [1.29, 1.82) is 0 Å². The minimum atomic E-state index is -0.894. The molecular weight excluding hydrogens is 348 g/mol. The number of aliphatic hydroxyl groups is 1. The molecule has 0 saturated carbocycles. The Morgan fingerprint density at radius 3 is 2.71 bits per heavy atom. The lowest BCUT2D eigenvalue weighted by atomic mass is 9.94. The van der Waals surface area contributed by atoms with Crippen molar-refractivity contribution in [3.05, 3.63) is 85.0 Å². The number of rotatable bonds is 3. The van der Waals surface area contributed by atoms with Crippen LogP contribution in [0.15, 0.2) is 83.9 Å². The van der Waals surface area contributed by atoms with Gasteiger partial charge in [-0.15, -0.1) is 0 Å². The first-order chi connectivity index (χ1) is 13.5. The van der Waals surface area contributed by atoms with Gasteiger partial charge in [0, 0.05) is 29.4 Å². The molecule has 4 nitrogen and oxygen atoms in total. The van der Waals surface area contributed by atoms with Crippen molar-refractivity contribution in [3.8, 4) is 22.5 Å². The summed E-state index contributed by atoms with van der Waals surface area (Å²) in [6.07, 6.45) is 7.57. The highest BCUT2D eigenvalue weighted by molar-refractivity contribution is 5.98. The van der Waals surface area contributed by atoms with Crippen molar-refractivity contribution in [2.24, 2.45) is 0 Å². The van der Waals surface area contributed by atoms with Gasteiger partial charge in [0.05, 0.1) is 17.4 Å². The molecule has 0 bridgehead atoms. The molecule has 0 spiro atoms. The summed E-state index contributed by atoms with van der Waals surface area (Å²) in [7, 11) is 0. The van der Waals surface area contributed by atoms with E-state index in [1.54, 1.807) is 26.3 Å². The van der Waals surface area contributed by atoms with Gasteiger partial charge in [0.25, 0.3) is 0 Å². The van der Waals surface area contributed by atoms with Crippen LogP contribution in [-0.4, -0.2) is 14.5 Å². The standard InChI is InChI=1S/C24H20N2O2/c1-24(2,27)19-8-5-7-16(12-19)18-13-21(23-25-10-11-26(23)14-18)22-20-9-4-3-6-17(20)15-28-22/h3-15,27H,1-2H3. The van der Waals surface area contributed by atoms with E-state index in [2.05, 4.69) is 29.4 Å². The third-order valence-electron chi connectivity index (χ3n) is 5.14. The molecular formula is C24H20N2O2. The van der Waals surface area contributed by atoms with E-state index in [4.69, 9.17) is 4.42 Å². The van der Waals surface area contributed by atoms with Crippen LogP contribution in [0.25, 0.3) is 38.9 Å². The molecule has 138 valence electrons. The molecule has 0 atom stereocenters. The lowest BCUT2D eigenvalue weighted by Gasteiger charge is -2.18. The molecule has 4 heteroatoms. The first-order valence-electron chi connectivity index (χ1n) is 9.27. The molecule has 5 aromatic rings. The second-order valence-corrected chi connectivity index (χ2v) is 7.59. The number of benzene rings is 2. The van der Waals surface area contributed by atoms with Crippen LogP contribution in [0.2, 0.25) is 0 Å². The zero-order valence-corrected chi connectivity index (χ0v) is 15.8. The number of fused-ring (bicyclic) bond motifs is 2. The third-order valence-corrected chi connectivity index (χ3v) is 5.14. The number of pyridine rings is 1. The van der Waals surface area contributed by atoms with Crippen LogP contribution in [0, 0.1) is 0 Å². The molecule has 0 aliphatic heterocycles. The van der Waals surface area contributed by atoms with Gasteiger partial charge in [-0.05, 0) is 42.7 Å². The number of nitrogens with zero attached hydrogens (tertiary/aromatic N) is 2. The van der Waals surface area contributed by atoms with Crippen LogP contribution in [0.1, 0.15) is 19.4 Å². The molecule has 0 saturated heterocycles. The fourth-order valence-electron chi connectivity index (χ4n) is 3.64. The van der Waals surface area contributed by atoms with E-state index >= 15 is 0 Å². The maximum atomic E-state index is 10.4. The van der Waals surface area contributed by atoms with Gasteiger partial charge < -0.3 is 13.9 Å². The van der Waals surface area contributed by atoms with E-state index in [0.29, 0.717) is 0 Å². The fraction of sp³-hybridized carbons (Fsp3) is 0.125. The Morgan fingerprint density at radius 1 is 1.00 bits per heavy atom. The van der Waals surface area contributed by atoms with Gasteiger partial charge in [0.2, 0.25) is 0 Å². The van der Waals surface area contributed by atoms with Crippen LogP contribution in [0.4, 0.5) is 0 Å². The van der Waals surface area contributed by atoms with E-state index in [1.807, 2.05) is 47.0 Å². The van der Waals surface area contributed by atoms with Gasteiger partial charge in [0.1, 0.15) is 11.4 Å². The lowest BCUT2D eigenvalue weighted by Crippen LogP contribution is -2.15. The Kier molecular flexibility index (Phi) is 3.64. The van der Waals surface area contributed by atoms with Gasteiger partial charge in [-0.25, -0.2) is 4.98 Å². The monoisotopic (exact) mass is 368 g/mol. The molecule has 1 N–H and O–H groups in total. The normalized spacial score (nSPS) is 12.1. The van der Waals surface area contributed by atoms with Crippen LogP contribution in [-0.2, 0) is 5.60 Å². The largest absolute Gasteiger partial charge is 0.463 e. The molecule has 28 heavy (non-hydrogen) atoms. The maximum absolute atomic E-state index is 10.4. The summed E-state index contributed by atoms with van der Waals surface area (Å²) in [4.78, 5) is 4.54. The summed E-state index contributed by atoms with van der Waals surface area (Å²) in [5, 5.41) is 12.5. The predicted octanol–water partition coefficient (Wildman–Crippen LogP) is 5.64. The van der Waals surface area contributed by atoms with Crippen molar-refractivity contribution in [1.82, 2.24) is 9.38 Å². The minimum absolute atomic E-state index is 0.812. The van der Waals surface area contributed by atoms with E-state index < -0.39 is 5.60 Å². The molecule has 0 unspecified atom stereocenters. The topological polar surface area (TPSA) is 50.7 Å². The molecule has 3 heterocycles. The summed E-state index contributed by atoms with van der Waals surface area (Å²) >= 11 is 0. The van der Waals surface area contributed by atoms with Gasteiger partial charge in [-0.3, -0.25) is 0 Å². The highest BCUT2D eigenvalue weighted by atomic mass is 16.3. The van der Waals surface area contributed by atoms with Crippen LogP contribution < -0.4 is 0 Å². The lowest BCUT2D eigenvalue weighted by molar-refractivity contribution is 0.0786. The van der Waals surface area contributed by atoms with Gasteiger partial charge >= 0.3 is 0 Å². The molecule has 3 aromatic heterocycles. The Hall–Kier alpha value is -3.37. The van der Waals surface area contributed by atoms with E-state index in [1.165, 1.54) is 0 Å². The zero-order valence-electron chi connectivity index (χ0n) is 15.8. The van der Waals surface area contributed by atoms with Crippen molar-refractivity contribution in [2.75, 3.05) is 0 Å². The quantitative estimate of drug-likeness (QED) is 0.448. The summed E-state index contributed by atoms with van der Waals surface area (Å²) < 4.78 is 7.97. The number of aromatic nitrogens is 2. The number of hydrogen-bond acceptors (Lipinski definition) is 3. The third kappa shape index (κ3) is 2.70. The summed E-state index contributed by atoms with van der Waals surface area (Å²) in [6.45, 7) is 3.59. The van der Waals surface area contributed by atoms with Crippen LogP contribution in [0.5, 0.6) is 0 Å². The van der Waals surface area contributed by atoms with Crippen LogP contribution in [0.3, 0.4) is 0 Å². The molecule has 2 aromatic carbocycles. The Labute approximate surface area is 162 Å². The average molecular weight is 368 g/mol. The molecule has 0 amide bonds. The second-order valence-electron chi connectivity index (χ2n) is 7.59. The fourth-order valence-corrected chi connectivity index (χ4v) is 3.64. The Balaban J connectivity index is 1.75. The number of imidazole rings is 1. The van der Waals surface area contributed by atoms with Crippen LogP contribution >= 0.6 is 0 Å². The molecule has 0 fully saturated rings. The first-order valence-corrected chi connectivity index (χ1v) is 9.27. The maximum Gasteiger partial charge on any atom is 0.147 e. The highest BCUT2D eigenvalue weighted by Crippen LogP contribution is 2.36. The molecule has 0 radical (unpaired) electrons. The van der Waals surface area contributed by atoms with Crippen molar-refractivity contribution in [2.45, 2.75) is 19.4 Å². The minimum Gasteiger partial charge on any atom is -0.463 e. The van der Waals surface area contributed by atoms with Gasteiger partial charge in [-0.2, -0.15) is 0 Å². The van der Waals surface area contributed by atoms with Crippen molar-refractivity contribution >= 4 is 16.4 Å². The smallest absolute Gasteiger partial charge is 0.147 e. The first kappa shape index (κ1) is 16.8. The van der Waals surface area contributed by atoms with E-state index in [-0.39, 0.29) is 0 Å². The predicted molar refractivity (Wildman–Crippen MR) is 111 cm³/mol.